The van der Waals surface area contributed by atoms with Crippen LogP contribution in [0.3, 0.4) is 0 Å². The van der Waals surface area contributed by atoms with Crippen LogP contribution in [-0.4, -0.2) is 34.2 Å². The Bertz CT molecular complexity index is 1010. The van der Waals surface area contributed by atoms with E-state index >= 15 is 0 Å². The van der Waals surface area contributed by atoms with Crippen LogP contribution in [0.4, 0.5) is 5.95 Å². The van der Waals surface area contributed by atoms with Crippen molar-refractivity contribution in [1.29, 1.82) is 0 Å². The van der Waals surface area contributed by atoms with Gasteiger partial charge in [0, 0.05) is 48.2 Å². The Kier molecular flexibility index (Phi) is 4.92. The number of rotatable bonds is 3. The van der Waals surface area contributed by atoms with Gasteiger partial charge in [-0.2, -0.15) is 0 Å². The number of benzene rings is 1. The first kappa shape index (κ1) is 17.7. The maximum atomic E-state index is 12.5. The fraction of sp³-hybridized carbons (Fsp3) is 0.250. The summed E-state index contributed by atoms with van der Waals surface area (Å²) in [4.78, 5) is 23.4. The van der Waals surface area contributed by atoms with Gasteiger partial charge in [-0.05, 0) is 18.2 Å². The van der Waals surface area contributed by atoms with Crippen LogP contribution < -0.4 is 10.5 Å². The van der Waals surface area contributed by atoms with E-state index in [1.165, 1.54) is 0 Å². The normalized spacial score (nSPS) is 17.1. The average Bonchev–Trinajstić information content (AvgIpc) is 2.71. The van der Waals surface area contributed by atoms with Crippen molar-refractivity contribution in [3.8, 4) is 11.3 Å². The molecule has 0 radical (unpaired) electrons. The number of pyridine rings is 1. The lowest BCUT2D eigenvalue weighted by Gasteiger charge is -2.34. The Labute approximate surface area is 162 Å². The van der Waals surface area contributed by atoms with E-state index in [-0.39, 0.29) is 11.7 Å². The van der Waals surface area contributed by atoms with Gasteiger partial charge in [-0.1, -0.05) is 29.8 Å². The topological polar surface area (TPSA) is 60.2 Å². The van der Waals surface area contributed by atoms with Crippen molar-refractivity contribution in [2.24, 2.45) is 7.05 Å². The maximum absolute atomic E-state index is 12.5. The van der Waals surface area contributed by atoms with Crippen molar-refractivity contribution in [2.75, 3.05) is 24.6 Å². The summed E-state index contributed by atoms with van der Waals surface area (Å²) in [5.74, 6) is 0.620. The first-order chi connectivity index (χ1) is 13.1. The first-order valence-electron chi connectivity index (χ1n) is 8.73. The summed E-state index contributed by atoms with van der Waals surface area (Å²) >= 11 is 6.34. The molecule has 0 spiro atoms. The highest BCUT2D eigenvalue weighted by Gasteiger charge is 2.26. The third-order valence-corrected chi connectivity index (χ3v) is 5.03. The number of ether oxygens (including phenoxy) is 1. The zero-order valence-electron chi connectivity index (χ0n) is 14.9. The van der Waals surface area contributed by atoms with Crippen LogP contribution in [-0.2, 0) is 11.8 Å². The molecule has 6 nitrogen and oxygen atoms in total. The van der Waals surface area contributed by atoms with Crippen molar-refractivity contribution in [3.63, 3.8) is 0 Å². The summed E-state index contributed by atoms with van der Waals surface area (Å²) in [5, 5.41) is 0.678. The number of morpholine rings is 1. The number of anilines is 1. The Hall–Kier alpha value is -2.70. The summed E-state index contributed by atoms with van der Waals surface area (Å²) in [6.07, 6.45) is 3.21. The smallest absolute Gasteiger partial charge is 0.255 e. The minimum atomic E-state index is -0.172. The minimum absolute atomic E-state index is 0.104. The van der Waals surface area contributed by atoms with Crippen LogP contribution in [0.25, 0.3) is 11.3 Å². The predicted octanol–water partition coefficient (Wildman–Crippen LogP) is 3.07. The molecule has 7 heteroatoms. The molecule has 138 valence electrons. The molecule has 1 atom stereocenters. The Balaban J connectivity index is 1.69. The minimum Gasteiger partial charge on any atom is -0.370 e. The molecule has 0 bridgehead atoms. The van der Waals surface area contributed by atoms with E-state index in [4.69, 9.17) is 21.3 Å². The summed E-state index contributed by atoms with van der Waals surface area (Å²) in [5.41, 5.74) is 2.34. The molecule has 1 fully saturated rings. The van der Waals surface area contributed by atoms with Crippen molar-refractivity contribution >= 4 is 17.5 Å². The maximum Gasteiger partial charge on any atom is 0.255 e. The summed E-state index contributed by atoms with van der Waals surface area (Å²) in [7, 11) is 1.74. The second-order valence-corrected chi connectivity index (χ2v) is 6.81. The molecular formula is C20H19ClN4O2. The second kappa shape index (κ2) is 7.50. The molecule has 2 aromatic heterocycles. The van der Waals surface area contributed by atoms with Crippen LogP contribution in [0, 0.1) is 0 Å². The molecule has 1 aliphatic heterocycles. The Morgan fingerprint density at radius 1 is 1.19 bits per heavy atom. The molecule has 27 heavy (non-hydrogen) atoms. The van der Waals surface area contributed by atoms with Gasteiger partial charge >= 0.3 is 0 Å². The highest BCUT2D eigenvalue weighted by Crippen LogP contribution is 2.30. The Morgan fingerprint density at radius 3 is 2.74 bits per heavy atom. The van der Waals surface area contributed by atoms with Crippen LogP contribution >= 0.6 is 11.6 Å². The molecule has 3 aromatic rings. The van der Waals surface area contributed by atoms with E-state index in [2.05, 4.69) is 9.88 Å². The zero-order valence-corrected chi connectivity index (χ0v) is 15.6. The third-order valence-electron chi connectivity index (χ3n) is 4.69. The van der Waals surface area contributed by atoms with Gasteiger partial charge in [-0.3, -0.25) is 14.3 Å². The first-order valence-corrected chi connectivity index (χ1v) is 9.11. The van der Waals surface area contributed by atoms with E-state index in [9.17, 15) is 4.79 Å². The van der Waals surface area contributed by atoms with Gasteiger partial charge in [-0.25, -0.2) is 4.98 Å². The van der Waals surface area contributed by atoms with Gasteiger partial charge in [0.15, 0.2) is 0 Å². The molecule has 3 heterocycles. The lowest BCUT2D eigenvalue weighted by atomic mass is 10.1. The highest BCUT2D eigenvalue weighted by molar-refractivity contribution is 6.31. The average molecular weight is 383 g/mol. The monoisotopic (exact) mass is 382 g/mol. The molecular weight excluding hydrogens is 364 g/mol. The van der Waals surface area contributed by atoms with Crippen LogP contribution in [0.5, 0.6) is 0 Å². The quantitative estimate of drug-likeness (QED) is 0.696. The van der Waals surface area contributed by atoms with Crippen molar-refractivity contribution < 1.29 is 4.74 Å². The second-order valence-electron chi connectivity index (χ2n) is 6.40. The standard InChI is InChI=1S/C20H19ClN4O2/c1-24-19(26)12-17(14-6-8-22-9-7-14)23-20(24)25-10-11-27-18(13-25)15-4-2-3-5-16(15)21/h2-9,12,18H,10-11,13H2,1H3. The highest BCUT2D eigenvalue weighted by atomic mass is 35.5. The fourth-order valence-electron chi connectivity index (χ4n) is 3.24. The summed E-state index contributed by atoms with van der Waals surface area (Å²) < 4.78 is 7.50. The van der Waals surface area contributed by atoms with Crippen molar-refractivity contribution in [1.82, 2.24) is 14.5 Å². The van der Waals surface area contributed by atoms with E-state index in [1.54, 1.807) is 30.1 Å². The van der Waals surface area contributed by atoms with Crippen molar-refractivity contribution in [3.05, 3.63) is 75.8 Å². The number of hydrogen-bond donors (Lipinski definition) is 0. The largest absolute Gasteiger partial charge is 0.370 e. The summed E-state index contributed by atoms with van der Waals surface area (Å²) in [6.45, 7) is 1.76. The Morgan fingerprint density at radius 2 is 1.96 bits per heavy atom. The molecule has 1 unspecified atom stereocenters. The van der Waals surface area contributed by atoms with Crippen LogP contribution in [0.2, 0.25) is 5.02 Å². The van der Waals surface area contributed by atoms with Crippen LogP contribution in [0.15, 0.2) is 59.7 Å². The van der Waals surface area contributed by atoms with Gasteiger partial charge in [0.2, 0.25) is 5.95 Å². The molecule has 4 rings (SSSR count). The van der Waals surface area contributed by atoms with Crippen LogP contribution in [0.1, 0.15) is 11.7 Å². The molecule has 0 N–H and O–H groups in total. The number of halogens is 1. The van der Waals surface area contributed by atoms with Gasteiger partial charge < -0.3 is 9.64 Å². The van der Waals surface area contributed by atoms with Gasteiger partial charge in [0.05, 0.1) is 18.8 Å². The van der Waals surface area contributed by atoms with Gasteiger partial charge in [-0.15, -0.1) is 0 Å². The molecule has 0 amide bonds. The SMILES string of the molecule is Cn1c(N2CCOC(c3ccccc3Cl)C2)nc(-c2ccncc2)cc1=O. The lowest BCUT2D eigenvalue weighted by Crippen LogP contribution is -2.41. The lowest BCUT2D eigenvalue weighted by molar-refractivity contribution is 0.0390. The molecule has 0 saturated carbocycles. The van der Waals surface area contributed by atoms with Gasteiger partial charge in [0.1, 0.15) is 6.10 Å². The number of hydrogen-bond acceptors (Lipinski definition) is 5. The zero-order chi connectivity index (χ0) is 18.8. The predicted molar refractivity (Wildman–Crippen MR) is 105 cm³/mol. The molecule has 1 aliphatic rings. The van der Waals surface area contributed by atoms with Crippen molar-refractivity contribution in [2.45, 2.75) is 6.10 Å². The van der Waals surface area contributed by atoms with E-state index < -0.39 is 0 Å². The van der Waals surface area contributed by atoms with E-state index in [1.807, 2.05) is 36.4 Å². The van der Waals surface area contributed by atoms with E-state index in [0.717, 1.165) is 11.1 Å². The number of aromatic nitrogens is 3. The molecule has 1 saturated heterocycles. The fourth-order valence-corrected chi connectivity index (χ4v) is 3.49. The van der Waals surface area contributed by atoms with Gasteiger partial charge in [0.25, 0.3) is 5.56 Å². The summed E-state index contributed by atoms with van der Waals surface area (Å²) in [6, 6.07) is 12.9. The molecule has 1 aromatic carbocycles. The molecule has 0 aliphatic carbocycles. The third kappa shape index (κ3) is 3.59. The number of nitrogens with zero attached hydrogens (tertiary/aromatic N) is 4. The van der Waals surface area contributed by atoms with E-state index in [0.29, 0.717) is 36.4 Å².